The molecule has 1 fully saturated rings. The van der Waals surface area contributed by atoms with Gasteiger partial charge in [-0.3, -0.25) is 0 Å². The zero-order chi connectivity index (χ0) is 15.4. The maximum atomic E-state index is 4.65. The maximum absolute atomic E-state index is 4.65. The van der Waals surface area contributed by atoms with Gasteiger partial charge in [0.1, 0.15) is 0 Å². The van der Waals surface area contributed by atoms with Gasteiger partial charge in [0.2, 0.25) is 0 Å². The smallest absolute Gasteiger partial charge is 0.191 e. The molecule has 1 saturated carbocycles. The molecule has 1 aliphatic rings. The van der Waals surface area contributed by atoms with E-state index in [-0.39, 0.29) is 24.0 Å². The van der Waals surface area contributed by atoms with E-state index in [0.717, 1.165) is 29.7 Å². The van der Waals surface area contributed by atoms with Gasteiger partial charge in [-0.05, 0) is 31.4 Å². The second kappa shape index (κ2) is 8.33. The molecule has 2 unspecified atom stereocenters. The van der Waals surface area contributed by atoms with Crippen LogP contribution >= 0.6 is 24.0 Å². The number of para-hydroxylation sites is 1. The van der Waals surface area contributed by atoms with Crippen molar-refractivity contribution in [1.29, 1.82) is 0 Å². The quantitative estimate of drug-likeness (QED) is 0.440. The summed E-state index contributed by atoms with van der Waals surface area (Å²) in [5.74, 6) is 1.65. The number of aliphatic imine (C=N–C) groups is 1. The molecular weight excluding hydrogens is 401 g/mol. The highest BCUT2D eigenvalue weighted by molar-refractivity contribution is 14.0. The summed E-state index contributed by atoms with van der Waals surface area (Å²) in [4.78, 5) is 4.65. The van der Waals surface area contributed by atoms with Gasteiger partial charge in [0.05, 0.1) is 18.4 Å². The van der Waals surface area contributed by atoms with E-state index < -0.39 is 0 Å². The first-order chi connectivity index (χ1) is 10.8. The van der Waals surface area contributed by atoms with Crippen molar-refractivity contribution in [3.63, 3.8) is 0 Å². The SMILES string of the molecule is CCNC(=NCc1cnn(-c2ccccc2)c1)NC1CC1C.I. The van der Waals surface area contributed by atoms with Crippen molar-refractivity contribution < 1.29 is 0 Å². The molecule has 5 nitrogen and oxygen atoms in total. The summed E-state index contributed by atoms with van der Waals surface area (Å²) in [7, 11) is 0. The molecule has 1 aliphatic carbocycles. The van der Waals surface area contributed by atoms with Crippen LogP contribution in [-0.4, -0.2) is 28.3 Å². The first kappa shape index (κ1) is 17.8. The topological polar surface area (TPSA) is 54.2 Å². The largest absolute Gasteiger partial charge is 0.357 e. The third-order valence-corrected chi connectivity index (χ3v) is 3.85. The van der Waals surface area contributed by atoms with Gasteiger partial charge in [0.15, 0.2) is 5.96 Å². The number of hydrogen-bond acceptors (Lipinski definition) is 2. The Kier molecular flexibility index (Phi) is 6.44. The molecule has 1 aromatic heterocycles. The molecular formula is C17H24IN5. The molecule has 0 radical (unpaired) electrons. The van der Waals surface area contributed by atoms with Gasteiger partial charge in [-0.15, -0.1) is 24.0 Å². The van der Waals surface area contributed by atoms with Crippen molar-refractivity contribution in [2.24, 2.45) is 10.9 Å². The molecule has 0 saturated heterocycles. The summed E-state index contributed by atoms with van der Waals surface area (Å²) < 4.78 is 1.88. The fourth-order valence-corrected chi connectivity index (χ4v) is 2.35. The second-order valence-electron chi connectivity index (χ2n) is 5.79. The number of hydrogen-bond donors (Lipinski definition) is 2. The molecule has 3 rings (SSSR count). The lowest BCUT2D eigenvalue weighted by atomic mass is 10.3. The second-order valence-corrected chi connectivity index (χ2v) is 5.79. The molecule has 2 atom stereocenters. The molecule has 0 bridgehead atoms. The molecule has 124 valence electrons. The Bertz CT molecular complexity index is 637. The highest BCUT2D eigenvalue weighted by atomic mass is 127. The lowest BCUT2D eigenvalue weighted by molar-refractivity contribution is 0.766. The summed E-state index contributed by atoms with van der Waals surface area (Å²) in [6.45, 7) is 5.84. The fourth-order valence-electron chi connectivity index (χ4n) is 2.35. The Morgan fingerprint density at radius 2 is 2.09 bits per heavy atom. The van der Waals surface area contributed by atoms with Crippen molar-refractivity contribution in [2.75, 3.05) is 6.54 Å². The van der Waals surface area contributed by atoms with Gasteiger partial charge < -0.3 is 10.6 Å². The average molecular weight is 425 g/mol. The van der Waals surface area contributed by atoms with Crippen LogP contribution in [0.15, 0.2) is 47.7 Å². The summed E-state index contributed by atoms with van der Waals surface area (Å²) in [6.07, 6.45) is 5.14. The van der Waals surface area contributed by atoms with E-state index in [9.17, 15) is 0 Å². The minimum Gasteiger partial charge on any atom is -0.357 e. The summed E-state index contributed by atoms with van der Waals surface area (Å²) in [6, 6.07) is 10.7. The number of benzene rings is 1. The Morgan fingerprint density at radius 1 is 1.35 bits per heavy atom. The van der Waals surface area contributed by atoms with Crippen molar-refractivity contribution >= 4 is 29.9 Å². The maximum Gasteiger partial charge on any atom is 0.191 e. The van der Waals surface area contributed by atoms with Gasteiger partial charge in [-0.1, -0.05) is 25.1 Å². The first-order valence-corrected chi connectivity index (χ1v) is 7.90. The van der Waals surface area contributed by atoms with Crippen LogP contribution in [0.25, 0.3) is 5.69 Å². The Labute approximate surface area is 154 Å². The van der Waals surface area contributed by atoms with Crippen LogP contribution in [0.1, 0.15) is 25.8 Å². The van der Waals surface area contributed by atoms with E-state index >= 15 is 0 Å². The lowest BCUT2D eigenvalue weighted by Crippen LogP contribution is -2.39. The van der Waals surface area contributed by atoms with Crippen LogP contribution in [0.4, 0.5) is 0 Å². The summed E-state index contributed by atoms with van der Waals surface area (Å²) in [5, 5.41) is 11.2. The number of aromatic nitrogens is 2. The first-order valence-electron chi connectivity index (χ1n) is 7.90. The van der Waals surface area contributed by atoms with Crippen LogP contribution in [-0.2, 0) is 6.54 Å². The summed E-state index contributed by atoms with van der Waals surface area (Å²) in [5.41, 5.74) is 2.17. The molecule has 23 heavy (non-hydrogen) atoms. The van der Waals surface area contributed by atoms with E-state index in [1.54, 1.807) is 0 Å². The van der Waals surface area contributed by atoms with Gasteiger partial charge in [-0.2, -0.15) is 5.10 Å². The van der Waals surface area contributed by atoms with Crippen LogP contribution < -0.4 is 10.6 Å². The number of nitrogens with one attached hydrogen (secondary N) is 2. The summed E-state index contributed by atoms with van der Waals surface area (Å²) >= 11 is 0. The Balaban J connectivity index is 0.00000192. The minimum atomic E-state index is 0. The van der Waals surface area contributed by atoms with E-state index in [2.05, 4.69) is 34.6 Å². The minimum absolute atomic E-state index is 0. The van der Waals surface area contributed by atoms with Gasteiger partial charge in [0.25, 0.3) is 0 Å². The fraction of sp³-hybridized carbons (Fsp3) is 0.412. The van der Waals surface area contributed by atoms with Gasteiger partial charge in [-0.25, -0.2) is 9.67 Å². The van der Waals surface area contributed by atoms with Crippen LogP contribution in [0.5, 0.6) is 0 Å². The van der Waals surface area contributed by atoms with E-state index in [1.165, 1.54) is 6.42 Å². The van der Waals surface area contributed by atoms with E-state index in [0.29, 0.717) is 12.6 Å². The monoisotopic (exact) mass is 425 g/mol. The zero-order valence-corrected chi connectivity index (χ0v) is 15.9. The molecule has 0 amide bonds. The lowest BCUT2D eigenvalue weighted by Gasteiger charge is -2.10. The van der Waals surface area contributed by atoms with Crippen LogP contribution in [0.3, 0.4) is 0 Å². The number of rotatable bonds is 5. The van der Waals surface area contributed by atoms with Crippen molar-refractivity contribution in [3.8, 4) is 5.69 Å². The zero-order valence-electron chi connectivity index (χ0n) is 13.6. The third kappa shape index (κ3) is 4.95. The van der Waals surface area contributed by atoms with Gasteiger partial charge >= 0.3 is 0 Å². The number of nitrogens with zero attached hydrogens (tertiary/aromatic N) is 3. The highest BCUT2D eigenvalue weighted by Crippen LogP contribution is 2.28. The molecule has 6 heteroatoms. The van der Waals surface area contributed by atoms with Crippen LogP contribution in [0, 0.1) is 5.92 Å². The molecule has 0 aliphatic heterocycles. The molecule has 1 heterocycles. The van der Waals surface area contributed by atoms with Crippen molar-refractivity contribution in [2.45, 2.75) is 32.9 Å². The number of guanidine groups is 1. The van der Waals surface area contributed by atoms with E-state index in [1.807, 2.05) is 47.4 Å². The van der Waals surface area contributed by atoms with Crippen LogP contribution in [0.2, 0.25) is 0 Å². The van der Waals surface area contributed by atoms with Gasteiger partial charge in [0, 0.05) is 24.3 Å². The molecule has 0 spiro atoms. The third-order valence-electron chi connectivity index (χ3n) is 3.85. The molecule has 2 aromatic rings. The normalized spacial score (nSPS) is 19.8. The Hall–Kier alpha value is -1.57. The molecule has 2 N–H and O–H groups in total. The highest BCUT2D eigenvalue weighted by Gasteiger charge is 2.33. The van der Waals surface area contributed by atoms with Crippen molar-refractivity contribution in [1.82, 2.24) is 20.4 Å². The predicted molar refractivity (Wildman–Crippen MR) is 104 cm³/mol. The molecule has 1 aromatic carbocycles. The van der Waals surface area contributed by atoms with E-state index in [4.69, 9.17) is 0 Å². The predicted octanol–water partition coefficient (Wildman–Crippen LogP) is 2.95. The average Bonchev–Trinajstić information content (AvgIpc) is 3.03. The Morgan fingerprint density at radius 3 is 2.74 bits per heavy atom. The standard InChI is InChI=1S/C17H23N5.HI/c1-3-18-17(21-16-9-13(16)2)19-10-14-11-20-22(12-14)15-7-5-4-6-8-15;/h4-8,11-13,16H,3,9-10H2,1-2H3,(H2,18,19,21);1H. The van der Waals surface area contributed by atoms with Crippen molar-refractivity contribution in [3.05, 3.63) is 48.3 Å². The number of halogens is 1.